The van der Waals surface area contributed by atoms with Crippen LogP contribution in [0.15, 0.2) is 12.2 Å². The molecule has 0 rings (SSSR count). The lowest BCUT2D eigenvalue weighted by molar-refractivity contribution is -0.161. The Bertz CT molecular complexity index is 822. The molecule has 11 heteroatoms. The van der Waals surface area contributed by atoms with E-state index in [-0.39, 0.29) is 19.4 Å². The summed E-state index contributed by atoms with van der Waals surface area (Å²) in [6, 6.07) is 0. The Kier molecular flexibility index (Phi) is 33.3. The molecule has 0 aliphatic heterocycles. The molecule has 3 atom stereocenters. The van der Waals surface area contributed by atoms with Gasteiger partial charge in [-0.2, -0.15) is 0 Å². The molecule has 10 nitrogen and oxygen atoms in total. The first-order valence-electron chi connectivity index (χ1n) is 19.1. The van der Waals surface area contributed by atoms with E-state index in [1.807, 2.05) is 0 Å². The van der Waals surface area contributed by atoms with Gasteiger partial charge in [0.1, 0.15) is 12.7 Å². The van der Waals surface area contributed by atoms with Gasteiger partial charge in [-0.15, -0.1) is 0 Å². The molecule has 0 saturated heterocycles. The Morgan fingerprint density at radius 3 is 1.50 bits per heavy atom. The van der Waals surface area contributed by atoms with Crippen molar-refractivity contribution in [2.75, 3.05) is 26.4 Å². The van der Waals surface area contributed by atoms with Crippen LogP contribution in [0.3, 0.4) is 0 Å². The minimum atomic E-state index is -4.60. The van der Waals surface area contributed by atoms with Gasteiger partial charge in [0.2, 0.25) is 0 Å². The third kappa shape index (κ3) is 33.2. The average molecular weight is 707 g/mol. The zero-order chi connectivity index (χ0) is 35.6. The van der Waals surface area contributed by atoms with Gasteiger partial charge in [0.05, 0.1) is 19.8 Å². The third-order valence-electron chi connectivity index (χ3n) is 8.17. The number of hydrogen-bond donors (Lipinski definition) is 3. The quantitative estimate of drug-likeness (QED) is 0.0249. The number of allylic oxidation sites excluding steroid dienone is 2. The van der Waals surface area contributed by atoms with E-state index in [0.29, 0.717) is 12.8 Å². The topological polar surface area (TPSA) is 149 Å². The first-order chi connectivity index (χ1) is 23.2. The van der Waals surface area contributed by atoms with E-state index < -0.39 is 51.8 Å². The number of unbranched alkanes of at least 4 members (excludes halogenated alkanes) is 20. The zero-order valence-electron chi connectivity index (χ0n) is 30.5. The molecule has 48 heavy (non-hydrogen) atoms. The Morgan fingerprint density at radius 1 is 0.604 bits per heavy atom. The lowest BCUT2D eigenvalue weighted by Crippen LogP contribution is -2.29. The number of hydrogen-bond acceptors (Lipinski definition) is 9. The number of ether oxygens (including phenoxy) is 2. The van der Waals surface area contributed by atoms with E-state index in [4.69, 9.17) is 19.1 Å². The van der Waals surface area contributed by atoms with E-state index in [1.165, 1.54) is 83.5 Å². The Balaban J connectivity index is 4.34. The summed E-state index contributed by atoms with van der Waals surface area (Å²) in [4.78, 5) is 34.7. The molecule has 0 aromatic heterocycles. The highest BCUT2D eigenvalue weighted by Gasteiger charge is 2.27. The van der Waals surface area contributed by atoms with Crippen molar-refractivity contribution >= 4 is 19.8 Å². The van der Waals surface area contributed by atoms with Crippen LogP contribution < -0.4 is 0 Å². The van der Waals surface area contributed by atoms with Gasteiger partial charge in [0.25, 0.3) is 0 Å². The molecule has 0 amide bonds. The maximum Gasteiger partial charge on any atom is 0.472 e. The van der Waals surface area contributed by atoms with Gasteiger partial charge < -0.3 is 24.6 Å². The van der Waals surface area contributed by atoms with E-state index in [9.17, 15) is 24.2 Å². The van der Waals surface area contributed by atoms with Crippen LogP contribution in [-0.2, 0) is 32.7 Å². The molecular weight excluding hydrogens is 635 g/mol. The number of phosphoric acid groups is 1. The maximum absolute atomic E-state index is 12.5. The molecule has 0 aliphatic rings. The summed E-state index contributed by atoms with van der Waals surface area (Å²) < 4.78 is 32.5. The Labute approximate surface area is 292 Å². The summed E-state index contributed by atoms with van der Waals surface area (Å²) in [6.07, 6.45) is 29.0. The number of rotatable bonds is 36. The second kappa shape index (κ2) is 34.2. The molecule has 3 N–H and O–H groups in total. The van der Waals surface area contributed by atoms with Gasteiger partial charge in [-0.3, -0.25) is 18.6 Å². The summed E-state index contributed by atoms with van der Waals surface area (Å²) in [5.74, 6) is -0.932. The molecule has 0 spiro atoms. The molecule has 0 radical (unpaired) electrons. The molecule has 0 aromatic carbocycles. The van der Waals surface area contributed by atoms with E-state index in [2.05, 4.69) is 30.5 Å². The second-order valence-electron chi connectivity index (χ2n) is 13.0. The van der Waals surface area contributed by atoms with Crippen molar-refractivity contribution in [3.8, 4) is 0 Å². The Morgan fingerprint density at radius 2 is 1.02 bits per heavy atom. The highest BCUT2D eigenvalue weighted by atomic mass is 31.2. The van der Waals surface area contributed by atoms with Crippen molar-refractivity contribution in [1.82, 2.24) is 0 Å². The fourth-order valence-corrected chi connectivity index (χ4v) is 5.95. The van der Waals surface area contributed by atoms with Gasteiger partial charge in [-0.25, -0.2) is 4.57 Å². The second-order valence-corrected chi connectivity index (χ2v) is 14.4. The number of aliphatic hydroxyl groups is 2. The zero-order valence-corrected chi connectivity index (χ0v) is 31.4. The standard InChI is InChI=1S/C37H71O10P/c1-3-5-7-9-11-13-15-16-17-18-19-21-22-24-26-28-36(40)44-32-35(33-46-48(42,43)45-31-34(39)30-38)47-37(41)29-27-25-23-20-14-12-10-8-6-4-2/h16-17,34-35,38-39H,3-15,18-33H2,1-2H3,(H,42,43)/b17-16-/t34-,35+/m0/s1. The molecule has 284 valence electrons. The summed E-state index contributed by atoms with van der Waals surface area (Å²) in [5, 5.41) is 18.2. The Hall–Kier alpha value is -1.29. The lowest BCUT2D eigenvalue weighted by atomic mass is 10.1. The smallest absolute Gasteiger partial charge is 0.462 e. The number of aliphatic hydroxyl groups excluding tert-OH is 2. The van der Waals surface area contributed by atoms with Crippen molar-refractivity contribution < 1.29 is 47.8 Å². The predicted octanol–water partition coefficient (Wildman–Crippen LogP) is 9.28. The van der Waals surface area contributed by atoms with Gasteiger partial charge in [-0.1, -0.05) is 135 Å². The summed E-state index contributed by atoms with van der Waals surface area (Å²) in [6.45, 7) is 2.34. The van der Waals surface area contributed by atoms with Gasteiger partial charge >= 0.3 is 19.8 Å². The fourth-order valence-electron chi connectivity index (χ4n) is 5.16. The number of carbonyl (C=O) groups is 2. The molecule has 1 unspecified atom stereocenters. The van der Waals surface area contributed by atoms with Crippen LogP contribution in [0.2, 0.25) is 0 Å². The molecular formula is C37H71O10P. The van der Waals surface area contributed by atoms with Crippen molar-refractivity contribution in [2.45, 2.75) is 187 Å². The van der Waals surface area contributed by atoms with Crippen molar-refractivity contribution in [3.63, 3.8) is 0 Å². The molecule has 0 aromatic rings. The normalized spacial score (nSPS) is 14.2. The van der Waals surface area contributed by atoms with Crippen LogP contribution in [-0.4, -0.2) is 65.7 Å². The first-order valence-corrected chi connectivity index (χ1v) is 20.6. The van der Waals surface area contributed by atoms with Crippen molar-refractivity contribution in [1.29, 1.82) is 0 Å². The van der Waals surface area contributed by atoms with Gasteiger partial charge in [0, 0.05) is 12.8 Å². The predicted molar refractivity (Wildman–Crippen MR) is 192 cm³/mol. The number of esters is 2. The summed E-state index contributed by atoms with van der Waals surface area (Å²) in [5.41, 5.74) is 0. The SMILES string of the molecule is CCCCCCCC/C=C\CCCCCCCC(=O)OC[C@H](COP(=O)(O)OC[C@@H](O)CO)OC(=O)CCCCCCCCCCCC. The van der Waals surface area contributed by atoms with Crippen LogP contribution in [0, 0.1) is 0 Å². The largest absolute Gasteiger partial charge is 0.472 e. The number of phosphoric ester groups is 1. The van der Waals surface area contributed by atoms with E-state index in [0.717, 1.165) is 51.4 Å². The average Bonchev–Trinajstić information content (AvgIpc) is 3.07. The summed E-state index contributed by atoms with van der Waals surface area (Å²) in [7, 11) is -4.60. The minimum absolute atomic E-state index is 0.186. The van der Waals surface area contributed by atoms with Crippen LogP contribution in [0.1, 0.15) is 174 Å². The highest BCUT2D eigenvalue weighted by Crippen LogP contribution is 2.43. The van der Waals surface area contributed by atoms with E-state index in [1.54, 1.807) is 0 Å². The van der Waals surface area contributed by atoms with Crippen molar-refractivity contribution in [2.24, 2.45) is 0 Å². The van der Waals surface area contributed by atoms with Crippen LogP contribution in [0.5, 0.6) is 0 Å². The molecule has 0 heterocycles. The molecule has 0 aliphatic carbocycles. The monoisotopic (exact) mass is 706 g/mol. The maximum atomic E-state index is 12.5. The lowest BCUT2D eigenvalue weighted by Gasteiger charge is -2.20. The third-order valence-corrected chi connectivity index (χ3v) is 9.12. The highest BCUT2D eigenvalue weighted by molar-refractivity contribution is 7.47. The van der Waals surface area contributed by atoms with Crippen LogP contribution in [0.4, 0.5) is 0 Å². The van der Waals surface area contributed by atoms with Gasteiger partial charge in [-0.05, 0) is 38.5 Å². The van der Waals surface area contributed by atoms with Crippen molar-refractivity contribution in [3.05, 3.63) is 12.2 Å². The van der Waals surface area contributed by atoms with Crippen LogP contribution in [0.25, 0.3) is 0 Å². The fraction of sp³-hybridized carbons (Fsp3) is 0.892. The molecule has 0 saturated carbocycles. The van der Waals surface area contributed by atoms with Crippen LogP contribution >= 0.6 is 7.82 Å². The molecule has 0 bridgehead atoms. The van der Waals surface area contributed by atoms with E-state index >= 15 is 0 Å². The number of carbonyl (C=O) groups excluding carboxylic acids is 2. The first kappa shape index (κ1) is 46.7. The minimum Gasteiger partial charge on any atom is -0.462 e. The molecule has 0 fully saturated rings. The van der Waals surface area contributed by atoms with Gasteiger partial charge in [0.15, 0.2) is 6.10 Å². The summed E-state index contributed by atoms with van der Waals surface area (Å²) >= 11 is 0.